The molecule has 0 spiro atoms. The quantitative estimate of drug-likeness (QED) is 0.142. The second kappa shape index (κ2) is 17.4. The van der Waals surface area contributed by atoms with Gasteiger partial charge in [0.05, 0.1) is 41.6 Å². The Kier molecular flexibility index (Phi) is 12.7. The topological polar surface area (TPSA) is 149 Å². The van der Waals surface area contributed by atoms with Crippen LogP contribution in [0.1, 0.15) is 52.0 Å². The monoisotopic (exact) mass is 712 g/mol. The van der Waals surface area contributed by atoms with Gasteiger partial charge in [-0.15, -0.1) is 0 Å². The number of hydrogen-bond acceptors (Lipinski definition) is 9. The minimum Gasteiger partial charge on any atom is -0.495 e. The van der Waals surface area contributed by atoms with Gasteiger partial charge in [0.15, 0.2) is 0 Å². The average molecular weight is 713 g/mol. The Morgan fingerprint density at radius 3 is 2.46 bits per heavy atom. The second-order valence-electron chi connectivity index (χ2n) is 13.6. The van der Waals surface area contributed by atoms with Crippen molar-refractivity contribution < 1.29 is 23.9 Å². The Bertz CT molecular complexity index is 1880. The molecule has 4 aromatic rings. The van der Waals surface area contributed by atoms with E-state index in [9.17, 15) is 14.4 Å². The van der Waals surface area contributed by atoms with E-state index in [4.69, 9.17) is 20.2 Å². The molecule has 2 heterocycles. The standard InChI is InChI=1S/C39H52N8O5/c1-26-14-17-31(32(25-26)52-24-9-7-8-13-33(48)47-22-20-45(4)21-23-47)46(5)38(50)29-16-15-28(36(51-6)34(29)37(40)49)27-11-10-12-30-35(27)43-39(42-30)41-18-19-44(2)3/h10-12,14-17,25H,7-9,13,18-24H2,1-6H3,(H2,40,49)(H2,41,42,43). The van der Waals surface area contributed by atoms with E-state index in [0.717, 1.165) is 68.6 Å². The number of nitrogens with two attached hydrogens (primary N) is 1. The van der Waals surface area contributed by atoms with Crippen molar-refractivity contribution in [2.45, 2.75) is 32.6 Å². The molecule has 0 radical (unpaired) electrons. The number of carbonyl (C=O) groups excluding carboxylic acids is 3. The average Bonchev–Trinajstić information content (AvgIpc) is 3.55. The third-order valence-corrected chi connectivity index (χ3v) is 9.42. The lowest BCUT2D eigenvalue weighted by Crippen LogP contribution is -2.47. The Balaban J connectivity index is 1.31. The maximum Gasteiger partial charge on any atom is 0.259 e. The van der Waals surface area contributed by atoms with Crippen molar-refractivity contribution in [1.82, 2.24) is 24.7 Å². The highest BCUT2D eigenvalue weighted by Gasteiger charge is 2.28. The van der Waals surface area contributed by atoms with Crippen molar-refractivity contribution >= 4 is 40.4 Å². The smallest absolute Gasteiger partial charge is 0.259 e. The first kappa shape index (κ1) is 38.1. The number of anilines is 2. The van der Waals surface area contributed by atoms with Crippen molar-refractivity contribution in [2.75, 3.05) is 91.4 Å². The molecule has 0 bridgehead atoms. The molecule has 1 aliphatic heterocycles. The molecule has 1 saturated heterocycles. The number of para-hydroxylation sites is 1. The highest BCUT2D eigenvalue weighted by Crippen LogP contribution is 2.39. The fraction of sp³-hybridized carbons (Fsp3) is 0.436. The van der Waals surface area contributed by atoms with Crippen molar-refractivity contribution in [2.24, 2.45) is 5.73 Å². The van der Waals surface area contributed by atoms with Crippen LogP contribution >= 0.6 is 0 Å². The van der Waals surface area contributed by atoms with Crippen LogP contribution in [0.25, 0.3) is 22.2 Å². The van der Waals surface area contributed by atoms with E-state index < -0.39 is 11.8 Å². The molecular formula is C39H52N8O5. The maximum atomic E-state index is 14.2. The number of piperazine rings is 1. The van der Waals surface area contributed by atoms with Crippen LogP contribution in [0.4, 0.5) is 11.6 Å². The molecule has 5 rings (SSSR count). The minimum absolute atomic E-state index is 0.0191. The number of aryl methyl sites for hydroxylation is 1. The van der Waals surface area contributed by atoms with E-state index in [1.54, 1.807) is 19.2 Å². The number of methoxy groups -OCH3 is 1. The predicted molar refractivity (Wildman–Crippen MR) is 206 cm³/mol. The minimum atomic E-state index is -0.790. The number of hydrogen-bond donors (Lipinski definition) is 3. The van der Waals surface area contributed by atoms with E-state index in [2.05, 4.69) is 27.1 Å². The highest BCUT2D eigenvalue weighted by atomic mass is 16.5. The van der Waals surface area contributed by atoms with Crippen LogP contribution in [0.2, 0.25) is 0 Å². The molecule has 1 aromatic heterocycles. The maximum absolute atomic E-state index is 14.2. The summed E-state index contributed by atoms with van der Waals surface area (Å²) in [5.74, 6) is 0.345. The van der Waals surface area contributed by atoms with Crippen molar-refractivity contribution in [3.05, 3.63) is 65.2 Å². The summed E-state index contributed by atoms with van der Waals surface area (Å²) < 4.78 is 12.0. The number of amides is 3. The van der Waals surface area contributed by atoms with Crippen LogP contribution in [0.15, 0.2) is 48.5 Å². The lowest BCUT2D eigenvalue weighted by atomic mass is 9.95. The molecule has 13 heteroatoms. The normalized spacial score (nSPS) is 13.4. The SMILES string of the molecule is COc1c(-c2cccc3[nH]c(NCCN(C)C)nc23)ccc(C(=O)N(C)c2ccc(C)cc2OCCCCCC(=O)N2CCN(C)CC2)c1C(N)=O. The van der Waals surface area contributed by atoms with Gasteiger partial charge < -0.3 is 45.1 Å². The lowest BCUT2D eigenvalue weighted by molar-refractivity contribution is -0.132. The Morgan fingerprint density at radius 1 is 0.981 bits per heavy atom. The first-order chi connectivity index (χ1) is 25.0. The molecule has 1 aliphatic rings. The summed E-state index contributed by atoms with van der Waals surface area (Å²) in [7, 11) is 9.19. The number of H-pyrrole nitrogens is 1. The summed E-state index contributed by atoms with van der Waals surface area (Å²) in [5, 5.41) is 3.31. The number of aromatic amines is 1. The van der Waals surface area contributed by atoms with Gasteiger partial charge in [-0.2, -0.15) is 0 Å². The van der Waals surface area contributed by atoms with Gasteiger partial charge in [0.25, 0.3) is 11.8 Å². The number of likely N-dealkylation sites (N-methyl/N-ethyl adjacent to an activating group) is 2. The van der Waals surface area contributed by atoms with E-state index in [0.29, 0.717) is 48.0 Å². The predicted octanol–water partition coefficient (Wildman–Crippen LogP) is 4.61. The third-order valence-electron chi connectivity index (χ3n) is 9.42. The Morgan fingerprint density at radius 2 is 1.75 bits per heavy atom. The lowest BCUT2D eigenvalue weighted by Gasteiger charge is -2.32. The number of aromatic nitrogens is 2. The Labute approximate surface area is 306 Å². The number of primary amides is 1. The number of nitrogens with one attached hydrogen (secondary N) is 2. The van der Waals surface area contributed by atoms with Gasteiger partial charge in [0.2, 0.25) is 11.9 Å². The summed E-state index contributed by atoms with van der Waals surface area (Å²) in [6.45, 7) is 7.33. The Hall–Kier alpha value is -5.14. The first-order valence-electron chi connectivity index (χ1n) is 17.8. The van der Waals surface area contributed by atoms with Crippen LogP contribution in [-0.2, 0) is 4.79 Å². The third kappa shape index (κ3) is 9.01. The number of nitrogens with zero attached hydrogens (tertiary/aromatic N) is 5. The van der Waals surface area contributed by atoms with Crippen LogP contribution in [0.3, 0.4) is 0 Å². The number of unbranched alkanes of at least 4 members (excludes halogenated alkanes) is 2. The highest BCUT2D eigenvalue weighted by molar-refractivity contribution is 6.15. The van der Waals surface area contributed by atoms with Gasteiger partial charge >= 0.3 is 0 Å². The summed E-state index contributed by atoms with van der Waals surface area (Å²) in [6.07, 6.45) is 2.95. The fourth-order valence-electron chi connectivity index (χ4n) is 6.42. The molecule has 13 nitrogen and oxygen atoms in total. The summed E-state index contributed by atoms with van der Waals surface area (Å²) in [5.41, 5.74) is 10.4. The van der Waals surface area contributed by atoms with Crippen molar-refractivity contribution in [3.63, 3.8) is 0 Å². The van der Waals surface area contributed by atoms with Gasteiger partial charge in [-0.3, -0.25) is 14.4 Å². The van der Waals surface area contributed by atoms with Crippen LogP contribution in [0, 0.1) is 6.92 Å². The molecule has 0 unspecified atom stereocenters. The zero-order valence-electron chi connectivity index (χ0n) is 31.3. The van der Waals surface area contributed by atoms with Gasteiger partial charge in [0, 0.05) is 63.9 Å². The number of imidazole rings is 1. The number of rotatable bonds is 16. The summed E-state index contributed by atoms with van der Waals surface area (Å²) in [6, 6.07) is 14.7. The zero-order valence-corrected chi connectivity index (χ0v) is 31.3. The van der Waals surface area contributed by atoms with Gasteiger partial charge in [-0.25, -0.2) is 4.98 Å². The molecule has 0 saturated carbocycles. The fourth-order valence-corrected chi connectivity index (χ4v) is 6.42. The van der Waals surface area contributed by atoms with Crippen LogP contribution in [0.5, 0.6) is 11.5 Å². The number of fused-ring (bicyclic) bond motifs is 1. The number of carbonyl (C=O) groups is 3. The van der Waals surface area contributed by atoms with E-state index in [1.807, 2.05) is 62.3 Å². The van der Waals surface area contributed by atoms with Gasteiger partial charge in [0.1, 0.15) is 11.5 Å². The molecule has 3 aromatic carbocycles. The van der Waals surface area contributed by atoms with E-state index >= 15 is 0 Å². The second-order valence-corrected chi connectivity index (χ2v) is 13.6. The molecule has 278 valence electrons. The van der Waals surface area contributed by atoms with Crippen LogP contribution in [-0.4, -0.2) is 124 Å². The zero-order chi connectivity index (χ0) is 37.4. The molecule has 52 heavy (non-hydrogen) atoms. The first-order valence-corrected chi connectivity index (χ1v) is 17.8. The molecule has 0 atom stereocenters. The largest absolute Gasteiger partial charge is 0.495 e. The molecule has 4 N–H and O–H groups in total. The number of ether oxygens (including phenoxy) is 2. The summed E-state index contributed by atoms with van der Waals surface area (Å²) in [4.78, 5) is 55.6. The van der Waals surface area contributed by atoms with Gasteiger partial charge in [-0.05, 0) is 83.2 Å². The van der Waals surface area contributed by atoms with Gasteiger partial charge in [-0.1, -0.05) is 18.2 Å². The van der Waals surface area contributed by atoms with E-state index in [1.165, 1.54) is 12.0 Å². The summed E-state index contributed by atoms with van der Waals surface area (Å²) >= 11 is 0. The van der Waals surface area contributed by atoms with E-state index in [-0.39, 0.29) is 22.8 Å². The molecular weight excluding hydrogens is 660 g/mol. The number of benzene rings is 3. The van der Waals surface area contributed by atoms with Crippen molar-refractivity contribution in [3.8, 4) is 22.6 Å². The molecule has 3 amide bonds. The van der Waals surface area contributed by atoms with Crippen LogP contribution < -0.4 is 25.4 Å². The molecule has 0 aliphatic carbocycles. The van der Waals surface area contributed by atoms with Crippen molar-refractivity contribution in [1.29, 1.82) is 0 Å². The molecule has 1 fully saturated rings.